The number of esters is 2. The molecule has 0 aromatic carbocycles. The van der Waals surface area contributed by atoms with E-state index in [0.717, 1.165) is 25.3 Å². The summed E-state index contributed by atoms with van der Waals surface area (Å²) in [6.07, 6.45) is 19.0. The molecule has 56 heavy (non-hydrogen) atoms. The van der Waals surface area contributed by atoms with E-state index >= 15 is 0 Å². The third-order valence-corrected chi connectivity index (χ3v) is 9.60. The molecule has 0 heterocycles. The standard InChI is InChI=1S/C46H84NO8P/c1-6-8-10-12-14-16-18-20-22-23-25-27-29-31-33-35-37-39-46(49)55-44(43-54-56(50,51)53-41-40-47(3,4)5)42-52-45(48)38-36-34-32-30-28-26-24-21-19-17-15-13-11-9-7-2/h14,16,20,22,25,27,31,33,44H,6-13,15,17-19,21,23-24,26,28-30,32,34-43H2,1-5H3/p+1/b16-14-,22-20-,27-25-,33-31-/t44-/m1/s1/i1D3,6D2,8D2,10D2,12D2. The summed E-state index contributed by atoms with van der Waals surface area (Å²) in [4.78, 5) is 35.5. The van der Waals surface area contributed by atoms with Gasteiger partial charge in [0.1, 0.15) is 19.8 Å². The van der Waals surface area contributed by atoms with Crippen molar-refractivity contribution in [3.8, 4) is 0 Å². The van der Waals surface area contributed by atoms with Crippen molar-refractivity contribution >= 4 is 19.8 Å². The van der Waals surface area contributed by atoms with Crippen molar-refractivity contribution in [3.05, 3.63) is 48.6 Å². The predicted molar refractivity (Wildman–Crippen MR) is 233 cm³/mol. The minimum atomic E-state index is -4.46. The lowest BCUT2D eigenvalue weighted by atomic mass is 10.0. The van der Waals surface area contributed by atoms with Gasteiger partial charge in [-0.3, -0.25) is 18.6 Å². The van der Waals surface area contributed by atoms with E-state index in [-0.39, 0.29) is 32.5 Å². The number of carbonyl (C=O) groups is 2. The molecule has 1 unspecified atom stereocenters. The summed E-state index contributed by atoms with van der Waals surface area (Å²) in [5.41, 5.74) is 0. The van der Waals surface area contributed by atoms with E-state index in [0.29, 0.717) is 43.1 Å². The fourth-order valence-corrected chi connectivity index (χ4v) is 6.08. The average molecular weight is 822 g/mol. The van der Waals surface area contributed by atoms with Gasteiger partial charge in [-0.1, -0.05) is 165 Å². The fourth-order valence-electron chi connectivity index (χ4n) is 5.34. The molecule has 10 heteroatoms. The number of likely N-dealkylation sites (N-methyl/N-ethyl adjacent to an activating group) is 1. The van der Waals surface area contributed by atoms with Gasteiger partial charge in [0.05, 0.1) is 27.7 Å². The second kappa shape index (κ2) is 38.5. The zero-order valence-electron chi connectivity index (χ0n) is 46.3. The molecule has 0 aliphatic rings. The van der Waals surface area contributed by atoms with Gasteiger partial charge in [0, 0.05) is 27.9 Å². The Balaban J connectivity index is 4.75. The van der Waals surface area contributed by atoms with Crippen molar-refractivity contribution in [3.63, 3.8) is 0 Å². The quantitative estimate of drug-likeness (QED) is 0.0214. The summed E-state index contributed by atoms with van der Waals surface area (Å²) in [5, 5.41) is 0. The molecule has 0 rings (SSSR count). The van der Waals surface area contributed by atoms with Crippen LogP contribution in [0.15, 0.2) is 48.6 Å². The van der Waals surface area contributed by atoms with Gasteiger partial charge < -0.3 is 18.9 Å². The Bertz CT molecular complexity index is 1530. The second-order valence-electron chi connectivity index (χ2n) is 15.0. The third-order valence-electron chi connectivity index (χ3n) is 8.62. The highest BCUT2D eigenvalue weighted by molar-refractivity contribution is 7.47. The van der Waals surface area contributed by atoms with E-state index in [1.807, 2.05) is 45.4 Å². The van der Waals surface area contributed by atoms with Crippen molar-refractivity contribution in [2.24, 2.45) is 0 Å². The van der Waals surface area contributed by atoms with Gasteiger partial charge in [-0.2, -0.15) is 0 Å². The molecule has 0 amide bonds. The SMILES string of the molecule is [2H]C([2H])([2H])C([2H])([2H])C([2H])([2H])C([2H])([2H])C([2H])([2H])/C=C\C/C=C\C/C=C\C/C=C\CCCC(=O)O[C@H](COC(=O)CCCCCCCCCCCCCCCCC)COP(=O)(O)OCC[N+](C)(C)C. The predicted octanol–water partition coefficient (Wildman–Crippen LogP) is 12.7. The minimum absolute atomic E-state index is 0.0327. The highest BCUT2D eigenvalue weighted by atomic mass is 31.2. The van der Waals surface area contributed by atoms with Crippen LogP contribution >= 0.6 is 7.82 Å². The van der Waals surface area contributed by atoms with Crippen molar-refractivity contribution in [2.75, 3.05) is 47.5 Å². The summed E-state index contributed by atoms with van der Waals surface area (Å²) in [6.45, 7) is -1.68. The topological polar surface area (TPSA) is 108 Å². The molecule has 0 saturated carbocycles. The maximum Gasteiger partial charge on any atom is 0.472 e. The lowest BCUT2D eigenvalue weighted by molar-refractivity contribution is -0.870. The van der Waals surface area contributed by atoms with Crippen LogP contribution in [0.3, 0.4) is 0 Å². The first-order valence-electron chi connectivity index (χ1n) is 26.5. The number of phosphoric acid groups is 1. The van der Waals surface area contributed by atoms with Gasteiger partial charge in [0.2, 0.25) is 0 Å². The molecule has 0 aliphatic carbocycles. The van der Waals surface area contributed by atoms with Gasteiger partial charge >= 0.3 is 19.8 Å². The zero-order valence-corrected chi connectivity index (χ0v) is 36.2. The largest absolute Gasteiger partial charge is 0.472 e. The highest BCUT2D eigenvalue weighted by Gasteiger charge is 2.27. The number of nitrogens with zero attached hydrogens (tertiary/aromatic N) is 1. The first kappa shape index (κ1) is 37.0. The van der Waals surface area contributed by atoms with Crippen LogP contribution in [0.25, 0.3) is 0 Å². The van der Waals surface area contributed by atoms with Crippen molar-refractivity contribution in [1.82, 2.24) is 0 Å². The summed E-state index contributed by atoms with van der Waals surface area (Å²) >= 11 is 0. The minimum Gasteiger partial charge on any atom is -0.462 e. The molecule has 9 nitrogen and oxygen atoms in total. The molecule has 0 aromatic rings. The second-order valence-corrected chi connectivity index (χ2v) is 16.5. The molecular weight excluding hydrogens is 725 g/mol. The number of hydrogen-bond acceptors (Lipinski definition) is 7. The van der Waals surface area contributed by atoms with E-state index in [2.05, 4.69) is 6.92 Å². The van der Waals surface area contributed by atoms with Gasteiger partial charge in [0.25, 0.3) is 0 Å². The summed E-state index contributed by atoms with van der Waals surface area (Å²) in [6, 6.07) is 0. The number of rotatable bonds is 40. The Morgan fingerprint density at radius 2 is 1.20 bits per heavy atom. The zero-order chi connectivity index (χ0) is 51.1. The molecule has 0 bridgehead atoms. The van der Waals surface area contributed by atoms with Crippen LogP contribution in [-0.4, -0.2) is 74.9 Å². The first-order valence-corrected chi connectivity index (χ1v) is 22.5. The van der Waals surface area contributed by atoms with E-state index < -0.39 is 64.8 Å². The first-order chi connectivity index (χ1) is 31.1. The maximum absolute atomic E-state index is 12.7. The van der Waals surface area contributed by atoms with Gasteiger partial charge in [-0.25, -0.2) is 4.57 Å². The van der Waals surface area contributed by atoms with Crippen LogP contribution in [0.4, 0.5) is 0 Å². The summed E-state index contributed by atoms with van der Waals surface area (Å²) < 4.78 is 119. The monoisotopic (exact) mass is 822 g/mol. The molecule has 0 spiro atoms. The fraction of sp³-hybridized carbons (Fsp3) is 0.783. The molecule has 0 saturated heterocycles. The van der Waals surface area contributed by atoms with Crippen molar-refractivity contribution < 1.29 is 57.1 Å². The van der Waals surface area contributed by atoms with E-state index in [9.17, 15) is 19.0 Å². The molecule has 2 atom stereocenters. The maximum atomic E-state index is 12.7. The Hall–Kier alpha value is -2.03. The molecular formula is C46H85NO8P+. The normalized spacial score (nSPS) is 18.2. The van der Waals surface area contributed by atoms with E-state index in [1.165, 1.54) is 76.7 Å². The van der Waals surface area contributed by atoms with Crippen LogP contribution in [0.1, 0.15) is 196 Å². The summed E-state index contributed by atoms with van der Waals surface area (Å²) in [5.74, 6) is -1.02. The molecule has 0 radical (unpaired) electrons. The number of carbonyl (C=O) groups excluding carboxylic acids is 2. The highest BCUT2D eigenvalue weighted by Crippen LogP contribution is 2.43. The number of hydrogen-bond donors (Lipinski definition) is 1. The van der Waals surface area contributed by atoms with Crippen molar-refractivity contribution in [1.29, 1.82) is 0 Å². The number of ether oxygens (including phenoxy) is 2. The smallest absolute Gasteiger partial charge is 0.462 e. The molecule has 0 aromatic heterocycles. The Morgan fingerprint density at radius 1 is 0.679 bits per heavy atom. The Kier molecular flexibility index (Phi) is 25.4. The number of allylic oxidation sites excluding steroid dienone is 8. The van der Waals surface area contributed by atoms with Crippen LogP contribution < -0.4 is 0 Å². The molecule has 0 fully saturated rings. The molecule has 1 N–H and O–H groups in total. The van der Waals surface area contributed by atoms with Gasteiger partial charge in [-0.05, 0) is 51.3 Å². The van der Waals surface area contributed by atoms with Crippen LogP contribution in [-0.2, 0) is 32.7 Å². The Labute approximate surface area is 359 Å². The van der Waals surface area contributed by atoms with Crippen LogP contribution in [0.2, 0.25) is 0 Å². The lowest BCUT2D eigenvalue weighted by Crippen LogP contribution is -2.37. The third kappa shape index (κ3) is 41.6. The summed E-state index contributed by atoms with van der Waals surface area (Å²) in [7, 11) is 1.25. The molecule has 0 aliphatic heterocycles. The van der Waals surface area contributed by atoms with Gasteiger partial charge in [-0.15, -0.1) is 0 Å². The van der Waals surface area contributed by atoms with Gasteiger partial charge in [0.15, 0.2) is 6.10 Å². The lowest BCUT2D eigenvalue weighted by Gasteiger charge is -2.24. The van der Waals surface area contributed by atoms with E-state index in [4.69, 9.17) is 33.6 Å². The number of quaternary nitrogens is 1. The average Bonchev–Trinajstić information content (AvgIpc) is 3.22. The Morgan fingerprint density at radius 3 is 1.75 bits per heavy atom. The van der Waals surface area contributed by atoms with E-state index in [1.54, 1.807) is 12.2 Å². The number of unbranched alkanes of at least 4 members (excludes halogenated alkanes) is 15. The van der Waals surface area contributed by atoms with Crippen molar-refractivity contribution in [2.45, 2.75) is 187 Å². The number of phosphoric ester groups is 1. The van der Waals surface area contributed by atoms with Crippen LogP contribution in [0.5, 0.6) is 0 Å². The molecule has 326 valence electrons. The van der Waals surface area contributed by atoms with Crippen LogP contribution in [0, 0.1) is 0 Å².